The average molecular weight is 608 g/mol. The molecule has 5 heteroatoms. The smallest absolute Gasteiger partial charge is 0.177 e. The molecule has 0 bridgehead atoms. The van der Waals surface area contributed by atoms with Crippen LogP contribution in [0.3, 0.4) is 0 Å². The van der Waals surface area contributed by atoms with Crippen LogP contribution in [0.5, 0.6) is 0 Å². The molecule has 0 amide bonds. The fraction of sp³-hybridized carbons (Fsp3) is 0. The van der Waals surface area contributed by atoms with Gasteiger partial charge in [0.2, 0.25) is 0 Å². The molecule has 0 fully saturated rings. The molecule has 7 aromatic carbocycles. The lowest BCUT2D eigenvalue weighted by molar-refractivity contribution is 0.592. The second-order valence-corrected chi connectivity index (χ2v) is 14.6. The van der Waals surface area contributed by atoms with E-state index in [0.717, 1.165) is 60.7 Å². The maximum absolute atomic E-state index is 16.4. The number of hydrogen-bond donors (Lipinski definition) is 0. The van der Waals surface area contributed by atoms with Crippen LogP contribution in [-0.4, -0.2) is 14.1 Å². The molecule has 1 aliphatic heterocycles. The molecule has 216 valence electrons. The minimum atomic E-state index is -3.41. The Morgan fingerprint density at radius 3 is 2.02 bits per heavy atom. The van der Waals surface area contributed by atoms with E-state index in [4.69, 9.17) is 4.98 Å². The third-order valence-electron chi connectivity index (χ3n) is 9.50. The van der Waals surface area contributed by atoms with Gasteiger partial charge in [0.15, 0.2) is 7.14 Å². The lowest BCUT2D eigenvalue weighted by Crippen LogP contribution is -2.35. The topological polar surface area (TPSA) is 39.8 Å². The predicted octanol–water partition coefficient (Wildman–Crippen LogP) is 8.90. The van der Waals surface area contributed by atoms with Crippen LogP contribution in [0.2, 0.25) is 0 Å². The summed E-state index contributed by atoms with van der Waals surface area (Å²) < 4.78 is 20.9. The van der Waals surface area contributed by atoms with Crippen molar-refractivity contribution in [3.63, 3.8) is 0 Å². The van der Waals surface area contributed by atoms with Crippen LogP contribution in [0.1, 0.15) is 0 Å². The van der Waals surface area contributed by atoms with Crippen LogP contribution >= 0.6 is 7.14 Å². The molecule has 1 atom stereocenters. The fourth-order valence-corrected chi connectivity index (χ4v) is 10.8. The van der Waals surface area contributed by atoms with Gasteiger partial charge in [0.1, 0.15) is 5.82 Å². The van der Waals surface area contributed by atoms with Crippen molar-refractivity contribution in [2.75, 3.05) is 0 Å². The number of imidazole rings is 1. The Bertz CT molecular complexity index is 2720. The summed E-state index contributed by atoms with van der Waals surface area (Å²) in [6.07, 6.45) is 0. The van der Waals surface area contributed by atoms with Gasteiger partial charge in [0.05, 0.1) is 38.7 Å². The SMILES string of the molecule is O=P1(c2ccccc2)c2c(cccc2-n2c3ccccc3c3c4ccccc4ccc32)-n2c(-c3ccccc3)nc3cccc1c32. The van der Waals surface area contributed by atoms with Crippen molar-refractivity contribution in [3.05, 3.63) is 158 Å². The van der Waals surface area contributed by atoms with Gasteiger partial charge >= 0.3 is 0 Å². The summed E-state index contributed by atoms with van der Waals surface area (Å²) >= 11 is 0. The Balaban J connectivity index is 1.42. The van der Waals surface area contributed by atoms with E-state index in [1.54, 1.807) is 0 Å². The highest BCUT2D eigenvalue weighted by Crippen LogP contribution is 2.52. The van der Waals surface area contributed by atoms with Crippen LogP contribution in [0.4, 0.5) is 0 Å². The van der Waals surface area contributed by atoms with E-state index >= 15 is 4.57 Å². The van der Waals surface area contributed by atoms with E-state index in [9.17, 15) is 0 Å². The quantitative estimate of drug-likeness (QED) is 0.188. The van der Waals surface area contributed by atoms with Crippen molar-refractivity contribution in [3.8, 4) is 22.8 Å². The Hall–Kier alpha value is -5.70. The van der Waals surface area contributed by atoms with Gasteiger partial charge in [-0.2, -0.15) is 0 Å². The molecule has 0 saturated heterocycles. The lowest BCUT2D eigenvalue weighted by atomic mass is 10.0. The summed E-state index contributed by atoms with van der Waals surface area (Å²) in [5, 5.41) is 7.24. The zero-order valence-electron chi connectivity index (χ0n) is 24.7. The summed E-state index contributed by atoms with van der Waals surface area (Å²) in [4.78, 5) is 5.17. The molecule has 1 aliphatic rings. The van der Waals surface area contributed by atoms with Gasteiger partial charge in [0.25, 0.3) is 0 Å². The first-order valence-corrected chi connectivity index (χ1v) is 17.2. The molecule has 0 saturated carbocycles. The highest BCUT2D eigenvalue weighted by atomic mass is 31.2. The van der Waals surface area contributed by atoms with Gasteiger partial charge < -0.3 is 9.13 Å². The Morgan fingerprint density at radius 2 is 1.20 bits per heavy atom. The molecule has 4 nitrogen and oxygen atoms in total. The second kappa shape index (κ2) is 9.40. The standard InChI is InChI=1S/C41H26N3OP/c45-46(29-16-5-2-6-17-29)37-24-11-20-32-39(37)44(41(42-32)28-14-3-1-4-15-28)36-23-12-22-35(40(36)46)43-33-21-10-9-19-31(33)38-30-18-8-7-13-27(30)25-26-34(38)43/h1-26H. The summed E-state index contributed by atoms with van der Waals surface area (Å²) in [7, 11) is -3.41. The Kier molecular flexibility index (Phi) is 5.23. The van der Waals surface area contributed by atoms with Gasteiger partial charge in [-0.3, -0.25) is 4.57 Å². The first kappa shape index (κ1) is 25.6. The maximum Gasteiger partial charge on any atom is 0.177 e. The number of rotatable bonds is 3. The summed E-state index contributed by atoms with van der Waals surface area (Å²) in [6, 6.07) is 54.3. The second-order valence-electron chi connectivity index (χ2n) is 11.9. The van der Waals surface area contributed by atoms with Gasteiger partial charge in [0, 0.05) is 26.9 Å². The maximum atomic E-state index is 16.4. The molecule has 0 N–H and O–H groups in total. The number of nitrogens with zero attached hydrogens (tertiary/aromatic N) is 3. The zero-order chi connectivity index (χ0) is 30.4. The molecular weight excluding hydrogens is 581 g/mol. The Labute approximate surface area is 265 Å². The lowest BCUT2D eigenvalue weighted by Gasteiger charge is -2.31. The first-order valence-electron chi connectivity index (χ1n) is 15.5. The van der Waals surface area contributed by atoms with Crippen molar-refractivity contribution >= 4 is 66.7 Å². The highest BCUT2D eigenvalue weighted by Gasteiger charge is 2.42. The van der Waals surface area contributed by atoms with Crippen LogP contribution in [0.25, 0.3) is 66.4 Å². The molecule has 46 heavy (non-hydrogen) atoms. The number of aromatic nitrogens is 3. The van der Waals surface area contributed by atoms with Crippen molar-refractivity contribution < 1.29 is 4.57 Å². The van der Waals surface area contributed by atoms with Crippen molar-refractivity contribution in [2.45, 2.75) is 0 Å². The van der Waals surface area contributed by atoms with Crippen LogP contribution in [0.15, 0.2) is 158 Å². The Morgan fingerprint density at radius 1 is 0.522 bits per heavy atom. The molecule has 0 aliphatic carbocycles. The fourth-order valence-electron chi connectivity index (χ4n) is 7.61. The van der Waals surface area contributed by atoms with Crippen LogP contribution in [0, 0.1) is 0 Å². The third kappa shape index (κ3) is 3.29. The highest BCUT2D eigenvalue weighted by molar-refractivity contribution is 7.86. The van der Waals surface area contributed by atoms with E-state index in [1.807, 2.05) is 66.7 Å². The number of benzene rings is 7. The average Bonchev–Trinajstić information content (AvgIpc) is 3.68. The van der Waals surface area contributed by atoms with Crippen LogP contribution < -0.4 is 15.9 Å². The van der Waals surface area contributed by atoms with Crippen molar-refractivity contribution in [1.29, 1.82) is 0 Å². The minimum Gasteiger partial charge on any atom is -0.308 e. The van der Waals surface area contributed by atoms with E-state index < -0.39 is 7.14 Å². The van der Waals surface area contributed by atoms with E-state index in [1.165, 1.54) is 21.5 Å². The minimum absolute atomic E-state index is 0.816. The van der Waals surface area contributed by atoms with Crippen LogP contribution in [-0.2, 0) is 4.57 Å². The first-order chi connectivity index (χ1) is 22.7. The van der Waals surface area contributed by atoms with Gasteiger partial charge in [-0.15, -0.1) is 0 Å². The summed E-state index contributed by atoms with van der Waals surface area (Å²) in [6.45, 7) is 0. The summed E-state index contributed by atoms with van der Waals surface area (Å²) in [5.41, 5.74) is 6.75. The van der Waals surface area contributed by atoms with Gasteiger partial charge in [-0.1, -0.05) is 121 Å². The zero-order valence-corrected chi connectivity index (χ0v) is 25.6. The van der Waals surface area contributed by atoms with Crippen molar-refractivity contribution in [2.24, 2.45) is 0 Å². The molecule has 1 unspecified atom stereocenters. The molecule has 0 radical (unpaired) electrons. The molecule has 0 spiro atoms. The largest absolute Gasteiger partial charge is 0.308 e. The van der Waals surface area contributed by atoms with E-state index in [-0.39, 0.29) is 0 Å². The molecule has 9 aromatic rings. The molecule has 10 rings (SSSR count). The monoisotopic (exact) mass is 607 g/mol. The predicted molar refractivity (Wildman–Crippen MR) is 191 cm³/mol. The van der Waals surface area contributed by atoms with Gasteiger partial charge in [-0.05, 0) is 47.2 Å². The normalized spacial score (nSPS) is 15.6. The summed E-state index contributed by atoms with van der Waals surface area (Å²) in [5.74, 6) is 0.842. The number of para-hydroxylation sites is 2. The van der Waals surface area contributed by atoms with E-state index in [0.29, 0.717) is 0 Å². The van der Waals surface area contributed by atoms with Crippen molar-refractivity contribution in [1.82, 2.24) is 14.1 Å². The van der Waals surface area contributed by atoms with Gasteiger partial charge in [-0.25, -0.2) is 4.98 Å². The number of hydrogen-bond acceptors (Lipinski definition) is 2. The molecular formula is C41H26N3OP. The number of fused-ring (bicyclic) bond motifs is 7. The third-order valence-corrected chi connectivity index (χ3v) is 12.7. The molecule has 2 aromatic heterocycles. The molecule has 3 heterocycles. The van der Waals surface area contributed by atoms with E-state index in [2.05, 4.69) is 100 Å².